The van der Waals surface area contributed by atoms with Crippen molar-refractivity contribution in [3.63, 3.8) is 0 Å². The van der Waals surface area contributed by atoms with Crippen molar-refractivity contribution in [3.8, 4) is 5.75 Å². The third-order valence-electron chi connectivity index (χ3n) is 5.00. The van der Waals surface area contributed by atoms with Gasteiger partial charge in [-0.3, -0.25) is 14.0 Å². The Bertz CT molecular complexity index is 1250. The molecule has 1 fully saturated rings. The number of carbonyl (C=O) groups is 2. The maximum atomic E-state index is 12.6. The van der Waals surface area contributed by atoms with Crippen LogP contribution in [0.15, 0.2) is 53.8 Å². The van der Waals surface area contributed by atoms with E-state index in [2.05, 4.69) is 15.6 Å². The van der Waals surface area contributed by atoms with E-state index in [4.69, 9.17) is 4.74 Å². The van der Waals surface area contributed by atoms with Crippen LogP contribution in [0.1, 0.15) is 28.9 Å². The van der Waals surface area contributed by atoms with E-state index in [1.807, 2.05) is 12.1 Å². The minimum absolute atomic E-state index is 0.0139. The van der Waals surface area contributed by atoms with Crippen LogP contribution >= 0.6 is 0 Å². The molecule has 0 radical (unpaired) electrons. The average Bonchev–Trinajstić information content (AvgIpc) is 3.48. The van der Waals surface area contributed by atoms with Gasteiger partial charge >= 0.3 is 0 Å². The van der Waals surface area contributed by atoms with E-state index in [1.54, 1.807) is 36.5 Å². The fourth-order valence-electron chi connectivity index (χ4n) is 3.24. The molecule has 1 aliphatic rings. The largest absolute Gasteiger partial charge is 0.484 e. The van der Waals surface area contributed by atoms with E-state index < -0.39 is 15.7 Å². The number of nitrogens with zero attached hydrogens (tertiary/aromatic N) is 2. The molecule has 2 heterocycles. The predicted octanol–water partition coefficient (Wildman–Crippen LogP) is 1.37. The van der Waals surface area contributed by atoms with Crippen molar-refractivity contribution in [2.75, 3.05) is 19.4 Å². The number of rotatable bonds is 9. The van der Waals surface area contributed by atoms with E-state index in [1.165, 1.54) is 4.40 Å². The normalized spacial score (nSPS) is 13.7. The summed E-state index contributed by atoms with van der Waals surface area (Å²) in [6.45, 7) is 0.336. The Morgan fingerprint density at radius 1 is 1.16 bits per heavy atom. The number of ether oxygens (including phenoxy) is 1. The first-order valence-corrected chi connectivity index (χ1v) is 12.2. The van der Waals surface area contributed by atoms with Gasteiger partial charge in [0.1, 0.15) is 5.75 Å². The third-order valence-corrected chi connectivity index (χ3v) is 5.95. The lowest BCUT2D eigenvalue weighted by Crippen LogP contribution is -2.30. The molecule has 3 aromatic rings. The molecule has 2 aromatic heterocycles. The molecule has 1 aromatic carbocycles. The number of nitrogens with one attached hydrogen (secondary N) is 2. The van der Waals surface area contributed by atoms with Gasteiger partial charge in [0, 0.05) is 25.0 Å². The minimum atomic E-state index is -3.59. The van der Waals surface area contributed by atoms with Crippen molar-refractivity contribution in [2.45, 2.75) is 30.5 Å². The Morgan fingerprint density at radius 3 is 2.59 bits per heavy atom. The maximum absolute atomic E-state index is 12.6. The van der Waals surface area contributed by atoms with Crippen molar-refractivity contribution in [2.24, 2.45) is 0 Å². The topological polar surface area (TPSA) is 119 Å². The van der Waals surface area contributed by atoms with Gasteiger partial charge in [-0.25, -0.2) is 13.4 Å². The molecule has 2 amide bonds. The molecule has 1 aliphatic carbocycles. The van der Waals surface area contributed by atoms with Gasteiger partial charge < -0.3 is 15.4 Å². The summed E-state index contributed by atoms with van der Waals surface area (Å²) < 4.78 is 30.9. The van der Waals surface area contributed by atoms with Gasteiger partial charge in [0.05, 0.1) is 5.52 Å². The highest BCUT2D eigenvalue weighted by Crippen LogP contribution is 2.19. The number of pyridine rings is 1. The molecular formula is C22H24N4O5S. The number of sulfone groups is 1. The highest BCUT2D eigenvalue weighted by molar-refractivity contribution is 7.90. The summed E-state index contributed by atoms with van der Waals surface area (Å²) in [6.07, 6.45) is 5.26. The molecule has 0 unspecified atom stereocenters. The fraction of sp³-hybridized carbons (Fsp3) is 0.318. The van der Waals surface area contributed by atoms with Crippen molar-refractivity contribution in [1.29, 1.82) is 0 Å². The first-order valence-electron chi connectivity index (χ1n) is 10.3. The quantitative estimate of drug-likeness (QED) is 0.502. The summed E-state index contributed by atoms with van der Waals surface area (Å²) in [7, 11) is -3.59. The second-order valence-electron chi connectivity index (χ2n) is 7.75. The van der Waals surface area contributed by atoms with Crippen LogP contribution in [-0.2, 0) is 21.1 Å². The van der Waals surface area contributed by atoms with Crippen LogP contribution in [0, 0.1) is 0 Å². The van der Waals surface area contributed by atoms with E-state index in [-0.39, 0.29) is 23.4 Å². The SMILES string of the molecule is CS(=O)(=O)c1nc(C(=O)NCCc2ccc(OCC(=O)NC3CC3)cc2)c2ccccn12. The van der Waals surface area contributed by atoms with E-state index in [0.717, 1.165) is 24.7 Å². The Labute approximate surface area is 185 Å². The van der Waals surface area contributed by atoms with Crippen LogP contribution in [-0.4, -0.2) is 55.1 Å². The van der Waals surface area contributed by atoms with Crippen LogP contribution in [0.4, 0.5) is 0 Å². The second-order valence-corrected chi connectivity index (χ2v) is 9.66. The summed E-state index contributed by atoms with van der Waals surface area (Å²) in [4.78, 5) is 28.4. The molecule has 0 aliphatic heterocycles. The number of hydrogen-bond donors (Lipinski definition) is 2. The molecular weight excluding hydrogens is 432 g/mol. The summed E-state index contributed by atoms with van der Waals surface area (Å²) >= 11 is 0. The van der Waals surface area contributed by atoms with Gasteiger partial charge in [0.25, 0.3) is 11.8 Å². The van der Waals surface area contributed by atoms with E-state index in [9.17, 15) is 18.0 Å². The molecule has 10 heteroatoms. The molecule has 2 N–H and O–H groups in total. The van der Waals surface area contributed by atoms with Crippen molar-refractivity contribution >= 4 is 27.2 Å². The summed E-state index contributed by atoms with van der Waals surface area (Å²) in [6, 6.07) is 12.7. The minimum Gasteiger partial charge on any atom is -0.484 e. The molecule has 168 valence electrons. The molecule has 0 saturated heterocycles. The Kier molecular flexibility index (Phi) is 6.13. The number of carbonyl (C=O) groups excluding carboxylic acids is 2. The van der Waals surface area contributed by atoms with Crippen molar-refractivity contribution in [1.82, 2.24) is 20.0 Å². The van der Waals surface area contributed by atoms with Gasteiger partial charge in [0.2, 0.25) is 15.0 Å². The Morgan fingerprint density at radius 2 is 1.91 bits per heavy atom. The zero-order valence-corrected chi connectivity index (χ0v) is 18.4. The highest BCUT2D eigenvalue weighted by Gasteiger charge is 2.23. The number of benzene rings is 1. The summed E-state index contributed by atoms with van der Waals surface area (Å²) in [5, 5.41) is 5.49. The van der Waals surface area contributed by atoms with Crippen LogP contribution in [0.5, 0.6) is 5.75 Å². The smallest absolute Gasteiger partial charge is 0.272 e. The van der Waals surface area contributed by atoms with Gasteiger partial charge in [0.15, 0.2) is 12.3 Å². The van der Waals surface area contributed by atoms with Crippen LogP contribution < -0.4 is 15.4 Å². The third kappa shape index (κ3) is 5.25. The van der Waals surface area contributed by atoms with Gasteiger partial charge in [-0.15, -0.1) is 0 Å². The average molecular weight is 457 g/mol. The van der Waals surface area contributed by atoms with E-state index >= 15 is 0 Å². The number of fused-ring (bicyclic) bond motifs is 1. The number of imidazole rings is 1. The molecule has 4 rings (SSSR count). The Hall–Kier alpha value is -3.40. The summed E-state index contributed by atoms with van der Waals surface area (Å²) in [5.41, 5.74) is 1.48. The Balaban J connectivity index is 1.32. The molecule has 9 nitrogen and oxygen atoms in total. The first-order chi connectivity index (χ1) is 15.3. The zero-order chi connectivity index (χ0) is 22.7. The van der Waals surface area contributed by atoms with Gasteiger partial charge in [-0.2, -0.15) is 0 Å². The lowest BCUT2D eigenvalue weighted by atomic mass is 10.1. The first kappa shape index (κ1) is 21.8. The fourth-order valence-corrected chi connectivity index (χ4v) is 4.01. The molecule has 0 spiro atoms. The highest BCUT2D eigenvalue weighted by atomic mass is 32.2. The monoisotopic (exact) mass is 456 g/mol. The number of aromatic nitrogens is 2. The van der Waals surface area contributed by atoms with Crippen molar-refractivity contribution in [3.05, 3.63) is 59.9 Å². The molecule has 0 atom stereocenters. The lowest BCUT2D eigenvalue weighted by molar-refractivity contribution is -0.123. The molecule has 32 heavy (non-hydrogen) atoms. The van der Waals surface area contributed by atoms with Crippen LogP contribution in [0.25, 0.3) is 5.52 Å². The lowest BCUT2D eigenvalue weighted by Gasteiger charge is -2.08. The molecule has 1 saturated carbocycles. The van der Waals surface area contributed by atoms with Gasteiger partial charge in [-0.05, 0) is 49.1 Å². The van der Waals surface area contributed by atoms with Crippen LogP contribution in [0.2, 0.25) is 0 Å². The molecule has 0 bridgehead atoms. The second kappa shape index (κ2) is 8.99. The number of hydrogen-bond acceptors (Lipinski definition) is 6. The standard InChI is InChI=1S/C22H24N4O5S/c1-32(29,30)22-25-20(18-4-2-3-13-26(18)22)21(28)23-12-11-15-5-9-17(10-6-15)31-14-19(27)24-16-7-8-16/h2-6,9-10,13,16H,7-8,11-12,14H2,1H3,(H,23,28)(H,24,27). The van der Waals surface area contributed by atoms with Crippen molar-refractivity contribution < 1.29 is 22.7 Å². The van der Waals surface area contributed by atoms with Gasteiger partial charge in [-0.1, -0.05) is 18.2 Å². The number of amides is 2. The maximum Gasteiger partial charge on any atom is 0.272 e. The van der Waals surface area contributed by atoms with Crippen LogP contribution in [0.3, 0.4) is 0 Å². The predicted molar refractivity (Wildman–Crippen MR) is 117 cm³/mol. The summed E-state index contributed by atoms with van der Waals surface area (Å²) in [5.74, 6) is 0.0388. The zero-order valence-electron chi connectivity index (χ0n) is 17.6. The van der Waals surface area contributed by atoms with E-state index in [0.29, 0.717) is 30.3 Å².